The Morgan fingerprint density at radius 1 is 0.727 bits per heavy atom. The van der Waals surface area contributed by atoms with Crippen molar-refractivity contribution in [2.75, 3.05) is 39.3 Å². The number of piperidine rings is 2. The first-order valence-electron chi connectivity index (χ1n) is 12.3. The van der Waals surface area contributed by atoms with E-state index in [0.29, 0.717) is 11.8 Å². The second-order valence-electron chi connectivity index (χ2n) is 9.11. The molecule has 0 amide bonds. The zero-order valence-corrected chi connectivity index (χ0v) is 21.3. The van der Waals surface area contributed by atoms with Crippen LogP contribution in [-0.2, 0) is 0 Å². The molecule has 2 saturated heterocycles. The molecule has 6 heteroatoms. The quantitative estimate of drug-likeness (QED) is 0.417. The summed E-state index contributed by atoms with van der Waals surface area (Å²) in [6.07, 6.45) is 5.33. The van der Waals surface area contributed by atoms with E-state index in [2.05, 4.69) is 23.6 Å². The Morgan fingerprint density at radius 2 is 1.15 bits per heavy atom. The van der Waals surface area contributed by atoms with Gasteiger partial charge >= 0.3 is 0 Å². The number of likely N-dealkylation sites (tertiary alicyclic amines) is 2. The summed E-state index contributed by atoms with van der Waals surface area (Å²) in [4.78, 5) is 4.86. The third kappa shape index (κ3) is 7.14. The standard InChI is InChI=1S/C14H19ClFN.C13H17ClFN/c1-2-8-17-9-6-11(7-10-17)12-4-3-5-13(15)14(12)16;1-2-16-8-6-10(7-9-16)11-4-3-5-12(14)13(11)15/h3-5,11H,2,6-10H2,1H3;3-5,10H,2,6-9H2,1H3. The molecule has 0 bridgehead atoms. The molecule has 0 radical (unpaired) electrons. The Hall–Kier alpha value is -1.20. The second kappa shape index (κ2) is 13.0. The molecule has 0 N–H and O–H groups in total. The summed E-state index contributed by atoms with van der Waals surface area (Å²) in [7, 11) is 0. The molecule has 2 fully saturated rings. The van der Waals surface area contributed by atoms with Gasteiger partial charge in [0.25, 0.3) is 0 Å². The van der Waals surface area contributed by atoms with Gasteiger partial charge in [-0.05, 0) is 106 Å². The highest BCUT2D eigenvalue weighted by Gasteiger charge is 2.24. The lowest BCUT2D eigenvalue weighted by atomic mass is 9.89. The van der Waals surface area contributed by atoms with Crippen LogP contribution in [0.3, 0.4) is 0 Å². The van der Waals surface area contributed by atoms with Gasteiger partial charge in [0.2, 0.25) is 0 Å². The number of nitrogens with zero attached hydrogens (tertiary/aromatic N) is 2. The van der Waals surface area contributed by atoms with E-state index in [1.165, 1.54) is 6.42 Å². The van der Waals surface area contributed by atoms with Gasteiger partial charge in [0, 0.05) is 0 Å². The minimum atomic E-state index is -0.223. The van der Waals surface area contributed by atoms with Crippen LogP contribution in [0, 0.1) is 11.6 Å². The second-order valence-corrected chi connectivity index (χ2v) is 9.92. The first kappa shape index (κ1) is 26.4. The summed E-state index contributed by atoms with van der Waals surface area (Å²) in [5.41, 5.74) is 1.59. The molecule has 182 valence electrons. The fourth-order valence-corrected chi connectivity index (χ4v) is 5.38. The number of benzene rings is 2. The predicted octanol–water partition coefficient (Wildman–Crippen LogP) is 7.75. The lowest BCUT2D eigenvalue weighted by Gasteiger charge is -2.32. The van der Waals surface area contributed by atoms with E-state index in [9.17, 15) is 8.78 Å². The molecule has 0 aromatic heterocycles. The molecule has 2 aromatic carbocycles. The van der Waals surface area contributed by atoms with Crippen molar-refractivity contribution in [2.24, 2.45) is 0 Å². The van der Waals surface area contributed by atoms with Crippen LogP contribution in [0.1, 0.15) is 68.9 Å². The average Bonchev–Trinajstić information content (AvgIpc) is 2.84. The van der Waals surface area contributed by atoms with E-state index >= 15 is 0 Å². The summed E-state index contributed by atoms with van der Waals surface area (Å²) in [5.74, 6) is 0.227. The number of hydrogen-bond acceptors (Lipinski definition) is 2. The topological polar surface area (TPSA) is 6.48 Å². The van der Waals surface area contributed by atoms with Crippen molar-refractivity contribution in [1.82, 2.24) is 9.80 Å². The fourth-order valence-electron chi connectivity index (χ4n) is 5.02. The minimum absolute atomic E-state index is 0.219. The molecule has 2 nitrogen and oxygen atoms in total. The third-order valence-corrected chi connectivity index (χ3v) is 7.59. The van der Waals surface area contributed by atoms with E-state index in [-0.39, 0.29) is 21.7 Å². The summed E-state index contributed by atoms with van der Waals surface area (Å²) in [6, 6.07) is 10.7. The molecular formula is C27H36Cl2F2N2. The molecule has 4 rings (SSSR count). The zero-order valence-electron chi connectivity index (χ0n) is 19.8. The Bertz CT molecular complexity index is 876. The van der Waals surface area contributed by atoms with Gasteiger partial charge in [-0.1, -0.05) is 61.3 Å². The molecular weight excluding hydrogens is 461 g/mol. The molecule has 2 aromatic rings. The van der Waals surface area contributed by atoms with Crippen LogP contribution >= 0.6 is 23.2 Å². The SMILES string of the molecule is CCCN1CCC(c2cccc(Cl)c2F)CC1.CCN1CCC(c2cccc(Cl)c2F)CC1. The normalized spacial score (nSPS) is 18.7. The molecule has 0 spiro atoms. The van der Waals surface area contributed by atoms with Gasteiger partial charge in [0.15, 0.2) is 0 Å². The van der Waals surface area contributed by atoms with E-state index in [4.69, 9.17) is 23.2 Å². The van der Waals surface area contributed by atoms with Crippen LogP contribution in [-0.4, -0.2) is 49.1 Å². The van der Waals surface area contributed by atoms with Gasteiger partial charge in [0.1, 0.15) is 11.6 Å². The molecule has 0 aliphatic carbocycles. The Labute approximate surface area is 207 Å². The first-order valence-corrected chi connectivity index (χ1v) is 13.0. The largest absolute Gasteiger partial charge is 0.304 e. The molecule has 0 saturated carbocycles. The lowest BCUT2D eigenvalue weighted by Crippen LogP contribution is -2.33. The zero-order chi connectivity index (χ0) is 23.8. The van der Waals surface area contributed by atoms with Gasteiger partial charge in [0.05, 0.1) is 10.0 Å². The Morgan fingerprint density at radius 3 is 1.55 bits per heavy atom. The fraction of sp³-hybridized carbons (Fsp3) is 0.556. The van der Waals surface area contributed by atoms with Crippen molar-refractivity contribution < 1.29 is 8.78 Å². The van der Waals surface area contributed by atoms with E-state index in [1.807, 2.05) is 24.3 Å². The number of hydrogen-bond donors (Lipinski definition) is 0. The maximum Gasteiger partial charge on any atom is 0.145 e. The van der Waals surface area contributed by atoms with Crippen LogP contribution in [0.4, 0.5) is 8.78 Å². The maximum absolute atomic E-state index is 13.9. The lowest BCUT2D eigenvalue weighted by molar-refractivity contribution is 0.211. The van der Waals surface area contributed by atoms with Crippen LogP contribution in [0.15, 0.2) is 36.4 Å². The maximum atomic E-state index is 13.9. The highest BCUT2D eigenvalue weighted by molar-refractivity contribution is 6.31. The van der Waals surface area contributed by atoms with Gasteiger partial charge in [-0.2, -0.15) is 0 Å². The smallest absolute Gasteiger partial charge is 0.145 e. The van der Waals surface area contributed by atoms with Crippen LogP contribution < -0.4 is 0 Å². The predicted molar refractivity (Wildman–Crippen MR) is 136 cm³/mol. The summed E-state index contributed by atoms with van der Waals surface area (Å²) >= 11 is 11.6. The average molecular weight is 498 g/mol. The van der Waals surface area contributed by atoms with E-state index in [1.54, 1.807) is 12.1 Å². The number of rotatable bonds is 5. The van der Waals surface area contributed by atoms with Crippen molar-refractivity contribution in [2.45, 2.75) is 57.8 Å². The van der Waals surface area contributed by atoms with Crippen LogP contribution in [0.5, 0.6) is 0 Å². The van der Waals surface area contributed by atoms with Gasteiger partial charge in [-0.25, -0.2) is 8.78 Å². The summed E-state index contributed by atoms with van der Waals surface area (Å²) in [5, 5.41) is 0.494. The molecule has 0 atom stereocenters. The molecule has 2 aliphatic heterocycles. The van der Waals surface area contributed by atoms with Crippen molar-refractivity contribution in [3.8, 4) is 0 Å². The van der Waals surface area contributed by atoms with Crippen molar-refractivity contribution in [3.63, 3.8) is 0 Å². The monoisotopic (exact) mass is 496 g/mol. The first-order chi connectivity index (χ1) is 15.9. The molecule has 2 aliphatic rings. The van der Waals surface area contributed by atoms with Crippen LogP contribution in [0.2, 0.25) is 10.0 Å². The van der Waals surface area contributed by atoms with Crippen molar-refractivity contribution in [3.05, 3.63) is 69.2 Å². The Kier molecular flexibility index (Phi) is 10.4. The molecule has 2 heterocycles. The van der Waals surface area contributed by atoms with Crippen LogP contribution in [0.25, 0.3) is 0 Å². The van der Waals surface area contributed by atoms with Gasteiger partial charge < -0.3 is 9.80 Å². The third-order valence-electron chi connectivity index (χ3n) is 7.00. The van der Waals surface area contributed by atoms with Crippen molar-refractivity contribution >= 4 is 23.2 Å². The highest BCUT2D eigenvalue weighted by Crippen LogP contribution is 2.33. The molecule has 33 heavy (non-hydrogen) atoms. The number of halogens is 4. The minimum Gasteiger partial charge on any atom is -0.304 e. The molecule has 0 unspecified atom stereocenters. The highest BCUT2D eigenvalue weighted by atomic mass is 35.5. The van der Waals surface area contributed by atoms with Gasteiger partial charge in [-0.15, -0.1) is 0 Å². The van der Waals surface area contributed by atoms with E-state index < -0.39 is 0 Å². The van der Waals surface area contributed by atoms with E-state index in [0.717, 1.165) is 76.1 Å². The summed E-state index contributed by atoms with van der Waals surface area (Å²) < 4.78 is 27.7. The summed E-state index contributed by atoms with van der Waals surface area (Å²) in [6.45, 7) is 10.9. The Balaban J connectivity index is 0.000000186. The van der Waals surface area contributed by atoms with Crippen molar-refractivity contribution in [1.29, 1.82) is 0 Å². The van der Waals surface area contributed by atoms with Gasteiger partial charge in [-0.3, -0.25) is 0 Å².